The molecule has 0 radical (unpaired) electrons. The summed E-state index contributed by atoms with van der Waals surface area (Å²) in [6.45, 7) is 5.67. The van der Waals surface area contributed by atoms with Crippen molar-refractivity contribution >= 4 is 33.5 Å². The third-order valence-electron chi connectivity index (χ3n) is 4.53. The Hall–Kier alpha value is -2.52. The number of rotatable bonds is 1. The number of benzene rings is 2. The van der Waals surface area contributed by atoms with Crippen LogP contribution in [0.5, 0.6) is 0 Å². The van der Waals surface area contributed by atoms with Gasteiger partial charge in [-0.3, -0.25) is 0 Å². The normalized spacial score (nSPS) is 11.5. The van der Waals surface area contributed by atoms with E-state index in [4.69, 9.17) is 20.4 Å². The molecule has 24 heavy (non-hydrogen) atoms. The largest absolute Gasteiger partial charge is 0.464 e. The highest BCUT2D eigenvalue weighted by atomic mass is 35.5. The maximum absolute atomic E-state index is 12.4. The molecule has 3 nitrogen and oxygen atoms in total. The molecule has 0 spiro atoms. The minimum atomic E-state index is -0.358. The topological polar surface area (TPSA) is 43.4 Å². The summed E-state index contributed by atoms with van der Waals surface area (Å²) in [4.78, 5) is 12.4. The molecule has 0 bridgehead atoms. The van der Waals surface area contributed by atoms with E-state index in [2.05, 4.69) is 0 Å². The summed E-state index contributed by atoms with van der Waals surface area (Å²) in [6.07, 6.45) is 1.72. The molecule has 4 rings (SSSR count). The highest BCUT2D eigenvalue weighted by molar-refractivity contribution is 6.33. The van der Waals surface area contributed by atoms with E-state index < -0.39 is 0 Å². The predicted octanol–water partition coefficient (Wildman–Crippen LogP) is 5.78. The zero-order valence-electron chi connectivity index (χ0n) is 13.6. The monoisotopic (exact) mass is 338 g/mol. The summed E-state index contributed by atoms with van der Waals surface area (Å²) in [5.41, 5.74) is 5.00. The Labute approximate surface area is 143 Å². The fourth-order valence-corrected chi connectivity index (χ4v) is 3.47. The molecule has 0 N–H and O–H groups in total. The Morgan fingerprint density at radius 1 is 0.958 bits per heavy atom. The lowest BCUT2D eigenvalue weighted by atomic mass is 9.95. The maximum atomic E-state index is 12.4. The number of hydrogen-bond donors (Lipinski definition) is 0. The van der Waals surface area contributed by atoms with Crippen molar-refractivity contribution in [3.8, 4) is 11.1 Å². The minimum Gasteiger partial charge on any atom is -0.464 e. The van der Waals surface area contributed by atoms with Gasteiger partial charge in [0.05, 0.1) is 6.26 Å². The minimum absolute atomic E-state index is 0.358. The zero-order chi connectivity index (χ0) is 17.0. The van der Waals surface area contributed by atoms with E-state index in [1.807, 2.05) is 44.2 Å². The van der Waals surface area contributed by atoms with Crippen LogP contribution in [0.4, 0.5) is 0 Å². The quantitative estimate of drug-likeness (QED) is 0.413. The molecule has 2 aromatic carbocycles. The van der Waals surface area contributed by atoms with Crippen LogP contribution in [0.1, 0.15) is 16.7 Å². The van der Waals surface area contributed by atoms with Gasteiger partial charge < -0.3 is 8.83 Å². The molecule has 0 fully saturated rings. The summed E-state index contributed by atoms with van der Waals surface area (Å²) in [7, 11) is 0. The molecule has 0 unspecified atom stereocenters. The fourth-order valence-electron chi connectivity index (χ4n) is 3.24. The zero-order valence-corrected chi connectivity index (χ0v) is 14.3. The van der Waals surface area contributed by atoms with Gasteiger partial charge in [-0.15, -0.1) is 0 Å². The van der Waals surface area contributed by atoms with Gasteiger partial charge in [-0.05, 0) is 38.5 Å². The van der Waals surface area contributed by atoms with Crippen LogP contribution in [0.2, 0.25) is 5.02 Å². The molecule has 0 amide bonds. The first-order chi connectivity index (χ1) is 11.5. The first kappa shape index (κ1) is 15.0. The van der Waals surface area contributed by atoms with Crippen molar-refractivity contribution in [3.05, 3.63) is 68.7 Å². The highest BCUT2D eigenvalue weighted by Gasteiger charge is 2.19. The maximum Gasteiger partial charge on any atom is 0.339 e. The first-order valence-electron chi connectivity index (χ1n) is 7.68. The lowest BCUT2D eigenvalue weighted by Crippen LogP contribution is -2.06. The molecule has 2 aromatic heterocycles. The second-order valence-electron chi connectivity index (χ2n) is 6.04. The molecule has 2 heterocycles. The molecule has 0 aliphatic carbocycles. The number of halogens is 1. The third-order valence-corrected chi connectivity index (χ3v) is 4.86. The molecule has 120 valence electrons. The van der Waals surface area contributed by atoms with Gasteiger partial charge in [-0.1, -0.05) is 29.8 Å². The van der Waals surface area contributed by atoms with Crippen molar-refractivity contribution in [1.82, 2.24) is 0 Å². The SMILES string of the molecule is Cc1c(-c2ccccc2Cl)c2cc3c(C)coc3c(C)c2oc1=O. The number of hydrogen-bond acceptors (Lipinski definition) is 3. The van der Waals surface area contributed by atoms with E-state index in [-0.39, 0.29) is 5.63 Å². The van der Waals surface area contributed by atoms with Crippen molar-refractivity contribution in [1.29, 1.82) is 0 Å². The summed E-state index contributed by atoms with van der Waals surface area (Å²) in [5, 5.41) is 2.49. The van der Waals surface area contributed by atoms with Crippen molar-refractivity contribution in [2.24, 2.45) is 0 Å². The van der Waals surface area contributed by atoms with Crippen LogP contribution in [0, 0.1) is 20.8 Å². The molecule has 0 aliphatic heterocycles. The van der Waals surface area contributed by atoms with Gasteiger partial charge in [0.25, 0.3) is 0 Å². The van der Waals surface area contributed by atoms with E-state index in [9.17, 15) is 4.79 Å². The van der Waals surface area contributed by atoms with E-state index in [0.29, 0.717) is 16.2 Å². The molecular formula is C20H15ClO3. The summed E-state index contributed by atoms with van der Waals surface area (Å²) < 4.78 is 11.2. The fraction of sp³-hybridized carbons (Fsp3) is 0.150. The van der Waals surface area contributed by atoms with Crippen molar-refractivity contribution < 1.29 is 8.83 Å². The van der Waals surface area contributed by atoms with Crippen molar-refractivity contribution in [2.45, 2.75) is 20.8 Å². The second kappa shape index (κ2) is 5.25. The highest BCUT2D eigenvalue weighted by Crippen LogP contribution is 2.39. The van der Waals surface area contributed by atoms with Gasteiger partial charge in [0, 0.05) is 38.0 Å². The van der Waals surface area contributed by atoms with Gasteiger partial charge in [0.15, 0.2) is 0 Å². The summed E-state index contributed by atoms with van der Waals surface area (Å²) >= 11 is 6.40. The van der Waals surface area contributed by atoms with Crippen LogP contribution in [0.15, 0.2) is 50.2 Å². The predicted molar refractivity (Wildman–Crippen MR) is 96.9 cm³/mol. The van der Waals surface area contributed by atoms with Crippen LogP contribution >= 0.6 is 11.6 Å². The smallest absolute Gasteiger partial charge is 0.339 e. The third kappa shape index (κ3) is 2.01. The van der Waals surface area contributed by atoms with Gasteiger partial charge in [-0.2, -0.15) is 0 Å². The molecule has 4 heteroatoms. The van der Waals surface area contributed by atoms with E-state index in [1.165, 1.54) is 0 Å². The summed E-state index contributed by atoms with van der Waals surface area (Å²) in [6, 6.07) is 9.55. The number of aryl methyl sites for hydroxylation is 2. The molecule has 0 aliphatic rings. The Morgan fingerprint density at radius 2 is 1.71 bits per heavy atom. The first-order valence-corrected chi connectivity index (χ1v) is 8.06. The second-order valence-corrected chi connectivity index (χ2v) is 6.45. The number of furan rings is 1. The Bertz CT molecular complexity index is 1170. The molecule has 4 aromatic rings. The van der Waals surface area contributed by atoms with Crippen LogP contribution in [0.25, 0.3) is 33.1 Å². The molecule has 0 saturated carbocycles. The Kier molecular flexibility index (Phi) is 3.29. The van der Waals surface area contributed by atoms with Crippen molar-refractivity contribution in [2.75, 3.05) is 0 Å². The number of fused-ring (bicyclic) bond motifs is 2. The average molecular weight is 339 g/mol. The van der Waals surface area contributed by atoms with Gasteiger partial charge in [0.2, 0.25) is 0 Å². The lowest BCUT2D eigenvalue weighted by molar-refractivity contribution is 0.551. The van der Waals surface area contributed by atoms with Crippen LogP contribution in [-0.4, -0.2) is 0 Å². The molecular weight excluding hydrogens is 324 g/mol. The summed E-state index contributed by atoms with van der Waals surface area (Å²) in [5.74, 6) is 0. The Morgan fingerprint density at radius 3 is 2.46 bits per heavy atom. The van der Waals surface area contributed by atoms with Crippen LogP contribution in [-0.2, 0) is 0 Å². The lowest BCUT2D eigenvalue weighted by Gasteiger charge is -2.12. The molecule has 0 saturated heterocycles. The van der Waals surface area contributed by atoms with Gasteiger partial charge >= 0.3 is 5.63 Å². The standard InChI is InChI=1S/C20H15ClO3/c1-10-9-23-18-12(3)19-15(8-14(10)18)17(11(2)20(22)24-19)13-6-4-5-7-16(13)21/h4-9H,1-3H3. The van der Waals surface area contributed by atoms with Crippen molar-refractivity contribution in [3.63, 3.8) is 0 Å². The van der Waals surface area contributed by atoms with Gasteiger partial charge in [0.1, 0.15) is 11.2 Å². The van der Waals surface area contributed by atoms with Gasteiger partial charge in [-0.25, -0.2) is 4.79 Å². The molecule has 0 atom stereocenters. The van der Waals surface area contributed by atoms with Crippen LogP contribution in [0.3, 0.4) is 0 Å². The van der Waals surface area contributed by atoms with E-state index in [0.717, 1.165) is 38.6 Å². The van der Waals surface area contributed by atoms with Crippen LogP contribution < -0.4 is 5.63 Å². The average Bonchev–Trinajstić information content (AvgIpc) is 2.93. The van der Waals surface area contributed by atoms with E-state index >= 15 is 0 Å². The van der Waals surface area contributed by atoms with E-state index in [1.54, 1.807) is 13.2 Å². The Balaban J connectivity index is 2.28.